The van der Waals surface area contributed by atoms with Gasteiger partial charge in [-0.1, -0.05) is 0 Å². The largest absolute Gasteiger partial charge is 0.345 e. The molecule has 0 aliphatic carbocycles. The lowest BCUT2D eigenvalue weighted by Crippen LogP contribution is -2.24. The fraction of sp³-hybridized carbons (Fsp3) is 0.286. The van der Waals surface area contributed by atoms with Crippen molar-refractivity contribution in [3.63, 3.8) is 0 Å². The van der Waals surface area contributed by atoms with Crippen molar-refractivity contribution < 1.29 is 14.5 Å². The monoisotopic (exact) mass is 227 g/mol. The first-order chi connectivity index (χ1) is 7.08. The smallest absolute Gasteiger partial charge is 0.297 e. The molecule has 0 atom stereocenters. The van der Waals surface area contributed by atoms with Gasteiger partial charge < -0.3 is 0 Å². The van der Waals surface area contributed by atoms with Crippen LogP contribution >= 0.6 is 11.3 Å². The number of nitro groups is 1. The summed E-state index contributed by atoms with van der Waals surface area (Å²) in [6.07, 6.45) is 0.934. The fourth-order valence-electron chi connectivity index (χ4n) is 1.22. The van der Waals surface area contributed by atoms with Gasteiger partial charge in [0.1, 0.15) is 6.20 Å². The average molecular weight is 227 g/mol. The summed E-state index contributed by atoms with van der Waals surface area (Å²) in [6.45, 7) is -0.0382. The van der Waals surface area contributed by atoms with Crippen molar-refractivity contribution in [2.75, 3.05) is 11.4 Å². The Morgan fingerprint density at radius 3 is 2.73 bits per heavy atom. The van der Waals surface area contributed by atoms with Gasteiger partial charge in [-0.2, -0.15) is 0 Å². The van der Waals surface area contributed by atoms with Gasteiger partial charge in [0.25, 0.3) is 0 Å². The third-order valence-corrected chi connectivity index (χ3v) is 2.85. The number of hydrogen-bond donors (Lipinski definition) is 0. The van der Waals surface area contributed by atoms with Crippen LogP contribution in [-0.2, 0) is 9.59 Å². The van der Waals surface area contributed by atoms with Crippen molar-refractivity contribution in [3.8, 4) is 0 Å². The van der Waals surface area contributed by atoms with Crippen molar-refractivity contribution in [1.29, 1.82) is 0 Å². The van der Waals surface area contributed by atoms with E-state index in [1.54, 1.807) is 0 Å². The van der Waals surface area contributed by atoms with Crippen molar-refractivity contribution in [2.45, 2.75) is 6.42 Å². The van der Waals surface area contributed by atoms with E-state index in [0.29, 0.717) is 0 Å². The predicted molar refractivity (Wildman–Crippen MR) is 50.7 cm³/mol. The summed E-state index contributed by atoms with van der Waals surface area (Å²) in [5.74, 6) is -0.554. The van der Waals surface area contributed by atoms with Crippen LogP contribution in [0.4, 0.5) is 10.1 Å². The third kappa shape index (κ3) is 1.71. The fourth-order valence-corrected chi connectivity index (χ4v) is 1.97. The van der Waals surface area contributed by atoms with Crippen molar-refractivity contribution in [3.05, 3.63) is 16.3 Å². The summed E-state index contributed by atoms with van der Waals surface area (Å²) in [7, 11) is 0. The van der Waals surface area contributed by atoms with Crippen molar-refractivity contribution >= 4 is 33.2 Å². The Labute approximate surface area is 87.5 Å². The van der Waals surface area contributed by atoms with Crippen molar-refractivity contribution in [1.82, 2.24) is 4.98 Å². The van der Waals surface area contributed by atoms with Gasteiger partial charge in [-0.25, -0.2) is 4.98 Å². The molecule has 1 fully saturated rings. The second kappa shape index (κ2) is 3.39. The Morgan fingerprint density at radius 2 is 2.27 bits per heavy atom. The zero-order valence-corrected chi connectivity index (χ0v) is 8.19. The second-order valence-electron chi connectivity index (χ2n) is 2.93. The summed E-state index contributed by atoms with van der Waals surface area (Å²) >= 11 is 0.787. The molecule has 2 rings (SSSR count). The number of rotatable bonds is 2. The molecule has 2 heterocycles. The molecule has 0 radical (unpaired) electrons. The third-order valence-electron chi connectivity index (χ3n) is 1.88. The molecule has 0 aromatic carbocycles. The lowest BCUT2D eigenvalue weighted by Gasteiger charge is -2.08. The molecule has 1 aliphatic heterocycles. The molecule has 1 aromatic rings. The first-order valence-electron chi connectivity index (χ1n) is 4.00. The van der Waals surface area contributed by atoms with E-state index in [-0.39, 0.29) is 34.8 Å². The van der Waals surface area contributed by atoms with Gasteiger partial charge in [0.05, 0.1) is 17.9 Å². The zero-order valence-electron chi connectivity index (χ0n) is 7.37. The van der Waals surface area contributed by atoms with Crippen LogP contribution in [0, 0.1) is 10.1 Å². The molecule has 0 N–H and O–H groups in total. The molecule has 78 valence electrons. The van der Waals surface area contributed by atoms with Gasteiger partial charge >= 0.3 is 5.00 Å². The summed E-state index contributed by atoms with van der Waals surface area (Å²) < 4.78 is 0. The molecule has 7 nitrogen and oxygen atoms in total. The standard InChI is InChI=1S/C7H5N3O4S/c11-4-1-5(12)9(3-4)7-8-2-6(15-7)10(13)14/h2H,1,3H2. The van der Waals surface area contributed by atoms with Crippen LogP contribution in [0.15, 0.2) is 6.20 Å². The number of hydrogen-bond acceptors (Lipinski definition) is 6. The molecule has 0 bridgehead atoms. The highest BCUT2D eigenvalue weighted by molar-refractivity contribution is 7.18. The van der Waals surface area contributed by atoms with Crippen molar-refractivity contribution in [2.24, 2.45) is 0 Å². The molecule has 1 aromatic heterocycles. The number of aromatic nitrogens is 1. The van der Waals surface area contributed by atoms with E-state index in [1.807, 2.05) is 0 Å². The quantitative estimate of drug-likeness (QED) is 0.413. The molecule has 0 spiro atoms. The molecule has 0 unspecified atom stereocenters. The van der Waals surface area contributed by atoms with E-state index in [1.165, 1.54) is 4.90 Å². The maximum absolute atomic E-state index is 11.3. The molecular weight excluding hydrogens is 222 g/mol. The highest BCUT2D eigenvalue weighted by atomic mass is 32.1. The minimum absolute atomic E-state index is 0.0382. The molecule has 1 saturated heterocycles. The highest BCUT2D eigenvalue weighted by Gasteiger charge is 2.31. The van der Waals surface area contributed by atoms with Crippen LogP contribution in [0.1, 0.15) is 6.42 Å². The Morgan fingerprint density at radius 1 is 1.53 bits per heavy atom. The van der Waals surface area contributed by atoms with Crippen LogP contribution in [0.3, 0.4) is 0 Å². The van der Waals surface area contributed by atoms with Gasteiger partial charge in [0, 0.05) is 0 Å². The van der Waals surface area contributed by atoms with Gasteiger partial charge in [-0.15, -0.1) is 0 Å². The van der Waals surface area contributed by atoms with Crippen LogP contribution in [0.2, 0.25) is 0 Å². The Balaban J connectivity index is 2.26. The molecule has 0 saturated carbocycles. The van der Waals surface area contributed by atoms with E-state index < -0.39 is 4.92 Å². The normalized spacial score (nSPS) is 16.1. The lowest BCUT2D eigenvalue weighted by atomic mass is 10.3. The molecule has 8 heteroatoms. The topological polar surface area (TPSA) is 93.4 Å². The number of anilines is 1. The van der Waals surface area contributed by atoms with Crippen LogP contribution in [0.5, 0.6) is 0 Å². The minimum atomic E-state index is -0.580. The zero-order chi connectivity index (χ0) is 11.0. The number of Topliss-reactive ketones (excluding diaryl/α,β-unsaturated/α-hetero) is 1. The molecule has 1 aliphatic rings. The molecule has 1 amide bonds. The van der Waals surface area contributed by atoms with Crippen LogP contribution in [0.25, 0.3) is 0 Å². The SMILES string of the molecule is O=C1CC(=O)N(c2ncc([N+](=O)[O-])s2)C1. The van der Waals surface area contributed by atoms with E-state index in [0.717, 1.165) is 17.5 Å². The molecular formula is C7H5N3O4S. The second-order valence-corrected chi connectivity index (χ2v) is 3.92. The summed E-state index contributed by atoms with van der Waals surface area (Å²) in [5, 5.41) is 10.4. The Bertz CT molecular complexity index is 455. The number of thiazole rings is 1. The van der Waals surface area contributed by atoms with E-state index >= 15 is 0 Å². The van der Waals surface area contributed by atoms with Gasteiger partial charge in [0.2, 0.25) is 5.91 Å². The Kier molecular flexibility index (Phi) is 2.19. The molecule has 15 heavy (non-hydrogen) atoms. The van der Waals surface area contributed by atoms with Gasteiger partial charge in [-0.05, 0) is 11.3 Å². The number of carbonyl (C=O) groups excluding carboxylic acids is 2. The number of carbonyl (C=O) groups is 2. The number of amides is 1. The minimum Gasteiger partial charge on any atom is -0.297 e. The first-order valence-corrected chi connectivity index (χ1v) is 4.82. The van der Waals surface area contributed by atoms with E-state index in [2.05, 4.69) is 4.98 Å². The highest BCUT2D eigenvalue weighted by Crippen LogP contribution is 2.30. The Hall–Kier alpha value is -1.83. The predicted octanol–water partition coefficient (Wildman–Crippen LogP) is 0.357. The average Bonchev–Trinajstić information content (AvgIpc) is 2.71. The van der Waals surface area contributed by atoms with Crippen LogP contribution in [-0.4, -0.2) is 28.1 Å². The van der Waals surface area contributed by atoms with Gasteiger partial charge in [0.15, 0.2) is 10.9 Å². The van der Waals surface area contributed by atoms with E-state index in [4.69, 9.17) is 0 Å². The maximum atomic E-state index is 11.3. The summed E-state index contributed by atoms with van der Waals surface area (Å²) in [6, 6.07) is 0. The number of nitrogens with zero attached hydrogens (tertiary/aromatic N) is 3. The summed E-state index contributed by atoms with van der Waals surface area (Å²) in [4.78, 5) is 36.9. The van der Waals surface area contributed by atoms with Crippen LogP contribution < -0.4 is 4.90 Å². The lowest BCUT2D eigenvalue weighted by molar-refractivity contribution is -0.380. The number of ketones is 1. The van der Waals surface area contributed by atoms with Gasteiger partial charge in [-0.3, -0.25) is 24.6 Å². The maximum Gasteiger partial charge on any atom is 0.345 e. The first kappa shape index (κ1) is 9.71. The summed E-state index contributed by atoms with van der Waals surface area (Å²) in [5.41, 5.74) is 0. The van der Waals surface area contributed by atoms with E-state index in [9.17, 15) is 19.7 Å².